The summed E-state index contributed by atoms with van der Waals surface area (Å²) >= 11 is 0. The number of carboxylic acid groups (broad SMARTS) is 1. The Balaban J connectivity index is 2.19. The molecule has 0 amide bonds. The van der Waals surface area contributed by atoms with Crippen LogP contribution in [0.2, 0.25) is 0 Å². The van der Waals surface area contributed by atoms with Gasteiger partial charge in [-0.15, -0.1) is 0 Å². The van der Waals surface area contributed by atoms with Crippen molar-refractivity contribution in [2.75, 3.05) is 13.7 Å². The number of benzene rings is 2. The van der Waals surface area contributed by atoms with Gasteiger partial charge in [-0.1, -0.05) is 36.4 Å². The van der Waals surface area contributed by atoms with Gasteiger partial charge >= 0.3 is 5.97 Å². The molecule has 0 bridgehead atoms. The quantitative estimate of drug-likeness (QED) is 0.849. The third-order valence-corrected chi connectivity index (χ3v) is 3.18. The van der Waals surface area contributed by atoms with Crippen molar-refractivity contribution in [1.82, 2.24) is 0 Å². The monoisotopic (exact) mass is 287 g/mol. The molecule has 3 N–H and O–H groups in total. The lowest BCUT2D eigenvalue weighted by Gasteiger charge is -2.25. The molecule has 0 saturated heterocycles. The second kappa shape index (κ2) is 6.28. The molecule has 110 valence electrons. The maximum atomic E-state index is 11.5. The molecule has 0 spiro atoms. The fourth-order valence-corrected chi connectivity index (χ4v) is 1.89. The van der Waals surface area contributed by atoms with Crippen LogP contribution in [0.4, 0.5) is 0 Å². The second-order valence-corrected chi connectivity index (χ2v) is 4.61. The van der Waals surface area contributed by atoms with E-state index in [4.69, 9.17) is 15.2 Å². The predicted molar refractivity (Wildman–Crippen MR) is 78.4 cm³/mol. The van der Waals surface area contributed by atoms with Gasteiger partial charge in [0.25, 0.3) is 0 Å². The molecular formula is C16H17NO4. The third kappa shape index (κ3) is 3.32. The molecule has 1 atom stereocenters. The van der Waals surface area contributed by atoms with E-state index in [1.165, 1.54) is 0 Å². The number of rotatable bonds is 6. The molecule has 0 heterocycles. The molecule has 5 nitrogen and oxygen atoms in total. The Labute approximate surface area is 122 Å². The van der Waals surface area contributed by atoms with Gasteiger partial charge < -0.3 is 20.3 Å². The van der Waals surface area contributed by atoms with E-state index in [1.807, 2.05) is 0 Å². The number of nitrogens with two attached hydrogens (primary N) is 1. The Morgan fingerprint density at radius 1 is 1.14 bits per heavy atom. The molecule has 2 aromatic rings. The van der Waals surface area contributed by atoms with Crippen LogP contribution in [0.15, 0.2) is 54.6 Å². The van der Waals surface area contributed by atoms with Crippen LogP contribution in [0.25, 0.3) is 0 Å². The fourth-order valence-electron chi connectivity index (χ4n) is 1.89. The Bertz CT molecular complexity index is 615. The summed E-state index contributed by atoms with van der Waals surface area (Å²) in [5, 5.41) is 9.44. The Hall–Kier alpha value is -2.53. The number of carbonyl (C=O) groups is 1. The summed E-state index contributed by atoms with van der Waals surface area (Å²) in [4.78, 5) is 11.5. The first kappa shape index (κ1) is 14.9. The summed E-state index contributed by atoms with van der Waals surface area (Å²) in [5.41, 5.74) is 4.90. The van der Waals surface area contributed by atoms with Crippen LogP contribution < -0.4 is 15.2 Å². The van der Waals surface area contributed by atoms with Crippen LogP contribution in [0.1, 0.15) is 5.56 Å². The van der Waals surface area contributed by atoms with Gasteiger partial charge in [0.05, 0.1) is 7.11 Å². The van der Waals surface area contributed by atoms with Crippen LogP contribution >= 0.6 is 0 Å². The zero-order valence-corrected chi connectivity index (χ0v) is 11.7. The van der Waals surface area contributed by atoms with Gasteiger partial charge in [0.1, 0.15) is 18.1 Å². The van der Waals surface area contributed by atoms with Crippen molar-refractivity contribution in [3.63, 3.8) is 0 Å². The fraction of sp³-hybridized carbons (Fsp3) is 0.188. The predicted octanol–water partition coefficient (Wildman–Crippen LogP) is 2.01. The first-order chi connectivity index (χ1) is 10.1. The van der Waals surface area contributed by atoms with Crippen molar-refractivity contribution in [3.05, 3.63) is 60.2 Å². The standard InChI is InChI=1S/C16H17NO4/c1-20-13-8-5-9-14(10-13)21-11-16(17,15(18)19)12-6-3-2-4-7-12/h2-10H,11,17H2,1H3,(H,18,19). The van der Waals surface area contributed by atoms with Crippen molar-refractivity contribution in [1.29, 1.82) is 0 Å². The summed E-state index contributed by atoms with van der Waals surface area (Å²) in [5.74, 6) is -0.0110. The topological polar surface area (TPSA) is 81.8 Å². The van der Waals surface area contributed by atoms with Crippen molar-refractivity contribution in [3.8, 4) is 11.5 Å². The van der Waals surface area contributed by atoms with Gasteiger partial charge in [-0.25, -0.2) is 4.79 Å². The van der Waals surface area contributed by atoms with E-state index in [1.54, 1.807) is 61.7 Å². The molecule has 1 unspecified atom stereocenters. The molecule has 2 aromatic carbocycles. The Morgan fingerprint density at radius 3 is 2.43 bits per heavy atom. The average molecular weight is 287 g/mol. The highest BCUT2D eigenvalue weighted by Gasteiger charge is 2.37. The highest BCUT2D eigenvalue weighted by atomic mass is 16.5. The minimum Gasteiger partial charge on any atom is -0.497 e. The van der Waals surface area contributed by atoms with Crippen LogP contribution in [0, 0.1) is 0 Å². The molecule has 0 aromatic heterocycles. The molecule has 0 aliphatic carbocycles. The molecular weight excluding hydrogens is 270 g/mol. The molecule has 2 rings (SSSR count). The van der Waals surface area contributed by atoms with Gasteiger partial charge in [-0.05, 0) is 17.7 Å². The lowest BCUT2D eigenvalue weighted by Crippen LogP contribution is -2.49. The lowest BCUT2D eigenvalue weighted by molar-refractivity contribution is -0.145. The minimum atomic E-state index is -1.61. The van der Waals surface area contributed by atoms with Gasteiger partial charge in [-0.3, -0.25) is 0 Å². The average Bonchev–Trinajstić information content (AvgIpc) is 2.53. The molecule has 0 fully saturated rings. The van der Waals surface area contributed by atoms with Crippen LogP contribution in [-0.2, 0) is 10.3 Å². The SMILES string of the molecule is COc1cccc(OCC(N)(C(=O)O)c2ccccc2)c1. The molecule has 5 heteroatoms. The van der Waals surface area contributed by atoms with Gasteiger partial charge in [0.2, 0.25) is 0 Å². The lowest BCUT2D eigenvalue weighted by atomic mass is 9.92. The van der Waals surface area contributed by atoms with E-state index < -0.39 is 11.5 Å². The van der Waals surface area contributed by atoms with Crippen LogP contribution in [0.3, 0.4) is 0 Å². The van der Waals surface area contributed by atoms with Gasteiger partial charge in [-0.2, -0.15) is 0 Å². The summed E-state index contributed by atoms with van der Waals surface area (Å²) in [6.45, 7) is -0.181. The number of carboxylic acids is 1. The summed E-state index contributed by atoms with van der Waals surface area (Å²) in [6.07, 6.45) is 0. The Kier molecular flexibility index (Phi) is 4.45. The van der Waals surface area contributed by atoms with E-state index >= 15 is 0 Å². The van der Waals surface area contributed by atoms with E-state index in [0.717, 1.165) is 0 Å². The van der Waals surface area contributed by atoms with Crippen molar-refractivity contribution in [2.24, 2.45) is 5.73 Å². The number of hydrogen-bond acceptors (Lipinski definition) is 4. The molecule has 21 heavy (non-hydrogen) atoms. The summed E-state index contributed by atoms with van der Waals surface area (Å²) in [6, 6.07) is 15.5. The normalized spacial score (nSPS) is 13.2. The second-order valence-electron chi connectivity index (χ2n) is 4.61. The highest BCUT2D eigenvalue weighted by Crippen LogP contribution is 2.23. The van der Waals surface area contributed by atoms with E-state index in [2.05, 4.69) is 0 Å². The first-order valence-electron chi connectivity index (χ1n) is 6.41. The smallest absolute Gasteiger partial charge is 0.331 e. The Morgan fingerprint density at radius 2 is 1.81 bits per heavy atom. The third-order valence-electron chi connectivity index (χ3n) is 3.18. The highest BCUT2D eigenvalue weighted by molar-refractivity contribution is 5.80. The van der Waals surface area contributed by atoms with Crippen LogP contribution in [-0.4, -0.2) is 24.8 Å². The zero-order chi connectivity index (χ0) is 15.3. The molecule has 0 aliphatic rings. The summed E-state index contributed by atoms with van der Waals surface area (Å²) < 4.78 is 10.6. The van der Waals surface area contributed by atoms with Crippen molar-refractivity contribution in [2.45, 2.75) is 5.54 Å². The number of aliphatic carboxylic acids is 1. The number of ether oxygens (including phenoxy) is 2. The van der Waals surface area contributed by atoms with E-state index in [-0.39, 0.29) is 6.61 Å². The number of methoxy groups -OCH3 is 1. The van der Waals surface area contributed by atoms with Gasteiger partial charge in [0, 0.05) is 6.07 Å². The first-order valence-corrected chi connectivity index (χ1v) is 6.41. The molecule has 0 radical (unpaired) electrons. The maximum absolute atomic E-state index is 11.5. The zero-order valence-electron chi connectivity index (χ0n) is 11.7. The van der Waals surface area contributed by atoms with E-state index in [9.17, 15) is 9.90 Å². The maximum Gasteiger partial charge on any atom is 0.331 e. The van der Waals surface area contributed by atoms with Crippen LogP contribution in [0.5, 0.6) is 11.5 Å². The van der Waals surface area contributed by atoms with Crippen molar-refractivity contribution < 1.29 is 19.4 Å². The molecule has 0 saturated carbocycles. The minimum absolute atomic E-state index is 0.181. The molecule has 0 aliphatic heterocycles. The largest absolute Gasteiger partial charge is 0.497 e. The summed E-state index contributed by atoms with van der Waals surface area (Å²) in [7, 11) is 1.55. The van der Waals surface area contributed by atoms with Crippen molar-refractivity contribution >= 4 is 5.97 Å². The van der Waals surface area contributed by atoms with E-state index in [0.29, 0.717) is 17.1 Å². The van der Waals surface area contributed by atoms with Gasteiger partial charge in [0.15, 0.2) is 5.54 Å². The number of hydrogen-bond donors (Lipinski definition) is 2.